The monoisotopic (exact) mass is 400 g/mol. The molecular formula is C24H16O4S. The number of hydrogen-bond acceptors (Lipinski definition) is 4. The molecule has 0 bridgehead atoms. The smallest absolute Gasteiger partial charge is 0.328 e. The molecule has 0 fully saturated rings. The molecule has 3 aromatic carbocycles. The maximum absolute atomic E-state index is 13.4. The van der Waals surface area contributed by atoms with Crippen LogP contribution >= 0.6 is 11.3 Å². The van der Waals surface area contributed by atoms with Gasteiger partial charge in [0.15, 0.2) is 5.78 Å². The van der Waals surface area contributed by atoms with Crippen molar-refractivity contribution in [1.82, 2.24) is 0 Å². The molecule has 0 saturated heterocycles. The van der Waals surface area contributed by atoms with Gasteiger partial charge in [-0.25, -0.2) is 4.79 Å². The Morgan fingerprint density at radius 1 is 0.862 bits per heavy atom. The molecule has 0 unspecified atom stereocenters. The third kappa shape index (κ3) is 3.81. The summed E-state index contributed by atoms with van der Waals surface area (Å²) in [6.45, 7) is 0. The highest BCUT2D eigenvalue weighted by molar-refractivity contribution is 7.22. The zero-order valence-electron chi connectivity index (χ0n) is 15.2. The van der Waals surface area contributed by atoms with E-state index in [2.05, 4.69) is 0 Å². The molecule has 0 saturated carbocycles. The number of phenols is 1. The van der Waals surface area contributed by atoms with Crippen LogP contribution in [0.2, 0.25) is 0 Å². The molecule has 0 aliphatic carbocycles. The van der Waals surface area contributed by atoms with Crippen LogP contribution in [-0.2, 0) is 4.79 Å². The van der Waals surface area contributed by atoms with Crippen LogP contribution in [0.25, 0.3) is 26.6 Å². The van der Waals surface area contributed by atoms with Crippen LogP contribution in [0.5, 0.6) is 5.75 Å². The topological polar surface area (TPSA) is 74.6 Å². The molecular weight excluding hydrogens is 384 g/mol. The van der Waals surface area contributed by atoms with Gasteiger partial charge >= 0.3 is 5.97 Å². The van der Waals surface area contributed by atoms with Gasteiger partial charge in [0, 0.05) is 32.2 Å². The number of benzene rings is 3. The van der Waals surface area contributed by atoms with Crippen molar-refractivity contribution in [3.63, 3.8) is 0 Å². The first-order valence-electron chi connectivity index (χ1n) is 8.89. The van der Waals surface area contributed by atoms with Crippen LogP contribution in [0.15, 0.2) is 78.9 Å². The summed E-state index contributed by atoms with van der Waals surface area (Å²) in [5, 5.41) is 19.2. The molecule has 0 aliphatic heterocycles. The van der Waals surface area contributed by atoms with Crippen molar-refractivity contribution in [2.45, 2.75) is 0 Å². The van der Waals surface area contributed by atoms with E-state index in [0.29, 0.717) is 16.7 Å². The van der Waals surface area contributed by atoms with Gasteiger partial charge in [-0.2, -0.15) is 0 Å². The van der Waals surface area contributed by atoms with Gasteiger partial charge in [-0.3, -0.25) is 4.79 Å². The number of phenolic OH excluding ortho intramolecular Hbond substituents is 1. The average Bonchev–Trinajstić information content (AvgIpc) is 3.12. The second-order valence-electron chi connectivity index (χ2n) is 6.47. The lowest BCUT2D eigenvalue weighted by Gasteiger charge is -2.06. The van der Waals surface area contributed by atoms with Crippen LogP contribution in [0.1, 0.15) is 21.5 Å². The first-order chi connectivity index (χ1) is 14.0. The molecule has 0 atom stereocenters. The molecule has 2 N–H and O–H groups in total. The summed E-state index contributed by atoms with van der Waals surface area (Å²) in [5.74, 6) is -0.944. The maximum Gasteiger partial charge on any atom is 0.328 e. The first-order valence-corrected chi connectivity index (χ1v) is 9.71. The van der Waals surface area contributed by atoms with E-state index < -0.39 is 5.97 Å². The zero-order chi connectivity index (χ0) is 20.4. The number of fused-ring (bicyclic) bond motifs is 1. The molecule has 0 aliphatic rings. The minimum atomic E-state index is -1.02. The van der Waals surface area contributed by atoms with Gasteiger partial charge in [0.1, 0.15) is 5.75 Å². The molecule has 1 aromatic heterocycles. The normalized spacial score (nSPS) is 11.2. The Balaban J connectivity index is 1.80. The molecule has 0 spiro atoms. The summed E-state index contributed by atoms with van der Waals surface area (Å²) >= 11 is 1.54. The Kier molecular flexibility index (Phi) is 4.97. The van der Waals surface area contributed by atoms with Crippen LogP contribution < -0.4 is 0 Å². The van der Waals surface area contributed by atoms with Gasteiger partial charge < -0.3 is 10.2 Å². The number of hydrogen-bond donors (Lipinski definition) is 2. The van der Waals surface area contributed by atoms with Crippen molar-refractivity contribution in [2.75, 3.05) is 0 Å². The van der Waals surface area contributed by atoms with E-state index in [9.17, 15) is 14.7 Å². The van der Waals surface area contributed by atoms with Gasteiger partial charge in [-0.15, -0.1) is 11.3 Å². The summed E-state index contributed by atoms with van der Waals surface area (Å²) in [4.78, 5) is 24.9. The van der Waals surface area contributed by atoms with E-state index in [1.807, 2.05) is 24.3 Å². The van der Waals surface area contributed by atoms with E-state index in [0.717, 1.165) is 26.6 Å². The highest BCUT2D eigenvalue weighted by Crippen LogP contribution is 2.40. The van der Waals surface area contributed by atoms with Gasteiger partial charge in [0.05, 0.1) is 0 Å². The van der Waals surface area contributed by atoms with Crippen LogP contribution in [-0.4, -0.2) is 22.0 Å². The second-order valence-corrected chi connectivity index (χ2v) is 7.52. The van der Waals surface area contributed by atoms with E-state index in [4.69, 9.17) is 5.11 Å². The predicted molar refractivity (Wildman–Crippen MR) is 115 cm³/mol. The molecule has 1 heterocycles. The first kappa shape index (κ1) is 18.7. The van der Waals surface area contributed by atoms with Crippen molar-refractivity contribution in [1.29, 1.82) is 0 Å². The number of aliphatic carboxylic acids is 1. The number of aromatic hydroxyl groups is 1. The zero-order valence-corrected chi connectivity index (χ0v) is 16.0. The number of thiophene rings is 1. The van der Waals surface area contributed by atoms with Crippen molar-refractivity contribution in [3.8, 4) is 16.2 Å². The highest BCUT2D eigenvalue weighted by Gasteiger charge is 2.21. The molecule has 0 radical (unpaired) electrons. The molecule has 5 heteroatoms. The fraction of sp³-hybridized carbons (Fsp3) is 0. The minimum absolute atomic E-state index is 0.0979. The third-order valence-electron chi connectivity index (χ3n) is 4.54. The van der Waals surface area contributed by atoms with E-state index in [1.54, 1.807) is 59.9 Å². The van der Waals surface area contributed by atoms with E-state index in [-0.39, 0.29) is 11.5 Å². The van der Waals surface area contributed by atoms with Crippen molar-refractivity contribution in [2.24, 2.45) is 0 Å². The molecule has 4 aromatic rings. The molecule has 4 rings (SSSR count). The maximum atomic E-state index is 13.4. The van der Waals surface area contributed by atoms with Crippen molar-refractivity contribution >= 4 is 39.3 Å². The van der Waals surface area contributed by atoms with E-state index in [1.165, 1.54) is 6.08 Å². The van der Waals surface area contributed by atoms with Crippen LogP contribution in [0.4, 0.5) is 0 Å². The Morgan fingerprint density at radius 2 is 1.55 bits per heavy atom. The highest BCUT2D eigenvalue weighted by atomic mass is 32.1. The minimum Gasteiger partial charge on any atom is -0.508 e. The Hall–Kier alpha value is -3.70. The summed E-state index contributed by atoms with van der Waals surface area (Å²) < 4.78 is 1.01. The fourth-order valence-corrected chi connectivity index (χ4v) is 4.35. The van der Waals surface area contributed by atoms with Gasteiger partial charge in [-0.1, -0.05) is 42.5 Å². The molecule has 142 valence electrons. The second kappa shape index (κ2) is 7.73. The number of carbonyl (C=O) groups is 2. The van der Waals surface area contributed by atoms with Gasteiger partial charge in [-0.05, 0) is 47.5 Å². The Bertz CT molecular complexity index is 1230. The summed E-state index contributed by atoms with van der Waals surface area (Å²) in [5.41, 5.74) is 2.73. The third-order valence-corrected chi connectivity index (χ3v) is 5.76. The Morgan fingerprint density at radius 3 is 2.24 bits per heavy atom. The number of ketones is 1. The molecule has 4 nitrogen and oxygen atoms in total. The number of carbonyl (C=O) groups excluding carboxylic acids is 1. The van der Waals surface area contributed by atoms with Crippen LogP contribution in [0, 0.1) is 0 Å². The van der Waals surface area contributed by atoms with Crippen molar-refractivity contribution in [3.05, 3.63) is 95.6 Å². The number of carboxylic acid groups (broad SMARTS) is 1. The summed E-state index contributed by atoms with van der Waals surface area (Å²) in [6, 6.07) is 21.5. The van der Waals surface area contributed by atoms with Gasteiger partial charge in [0.25, 0.3) is 0 Å². The number of carboxylic acids is 1. The lowest BCUT2D eigenvalue weighted by atomic mass is 9.97. The van der Waals surface area contributed by atoms with Crippen molar-refractivity contribution < 1.29 is 19.8 Å². The van der Waals surface area contributed by atoms with Gasteiger partial charge in [0.2, 0.25) is 0 Å². The molecule has 29 heavy (non-hydrogen) atoms. The predicted octanol–water partition coefficient (Wildman–Crippen LogP) is 5.60. The SMILES string of the molecule is O=C(O)C=Cc1ccc(C(=O)c2c(-c3ccc(O)cc3)sc3ccccc23)cc1. The largest absolute Gasteiger partial charge is 0.508 e. The summed E-state index contributed by atoms with van der Waals surface area (Å²) in [6.07, 6.45) is 2.55. The average molecular weight is 400 g/mol. The standard InChI is InChI=1S/C24H16O4S/c25-18-12-10-17(11-13-18)24-22(19-3-1-2-4-20(19)29-24)23(28)16-8-5-15(6-9-16)7-14-21(26)27/h1-14,25H,(H,26,27). The Labute approximate surface area is 171 Å². The number of rotatable bonds is 5. The quantitative estimate of drug-likeness (QED) is 0.338. The lowest BCUT2D eigenvalue weighted by Crippen LogP contribution is -2.02. The van der Waals surface area contributed by atoms with E-state index >= 15 is 0 Å². The summed E-state index contributed by atoms with van der Waals surface area (Å²) in [7, 11) is 0. The molecule has 0 amide bonds. The lowest BCUT2D eigenvalue weighted by molar-refractivity contribution is -0.131. The van der Waals surface area contributed by atoms with Crippen LogP contribution in [0.3, 0.4) is 0 Å². The fourth-order valence-electron chi connectivity index (χ4n) is 3.14.